The lowest BCUT2D eigenvalue weighted by Gasteiger charge is -2.29. The Kier molecular flexibility index (Phi) is 6.92. The van der Waals surface area contributed by atoms with Gasteiger partial charge in [-0.1, -0.05) is 24.3 Å². The third-order valence-corrected chi connectivity index (χ3v) is 6.67. The summed E-state index contributed by atoms with van der Waals surface area (Å²) in [4.78, 5) is 41.9. The number of carbonyl (C=O) groups is 3. The van der Waals surface area contributed by atoms with Crippen molar-refractivity contribution >= 4 is 40.9 Å². The van der Waals surface area contributed by atoms with Crippen molar-refractivity contribution < 1.29 is 14.4 Å². The quantitative estimate of drug-likeness (QED) is 0.748. The normalized spacial score (nSPS) is 16.1. The second kappa shape index (κ2) is 10.0. The molecule has 0 saturated carbocycles. The highest BCUT2D eigenvalue weighted by Crippen LogP contribution is 2.34. The second-order valence-corrected chi connectivity index (χ2v) is 8.95. The number of nitrogens with zero attached hydrogens (tertiary/aromatic N) is 2. The Bertz CT molecular complexity index is 978. The maximum Gasteiger partial charge on any atom is 0.227 e. The molecule has 1 saturated heterocycles. The van der Waals surface area contributed by atoms with Gasteiger partial charge in [0.1, 0.15) is 0 Å². The zero-order valence-electron chi connectivity index (χ0n) is 17.5. The van der Waals surface area contributed by atoms with E-state index < -0.39 is 0 Å². The predicted octanol–water partition coefficient (Wildman–Crippen LogP) is 3.74. The van der Waals surface area contributed by atoms with Crippen molar-refractivity contribution in [2.24, 2.45) is 0 Å². The number of thioether (sulfide) groups is 1. The van der Waals surface area contributed by atoms with Gasteiger partial charge in [-0.15, -0.1) is 11.8 Å². The molecule has 6 nitrogen and oxygen atoms in total. The maximum atomic E-state index is 12.7. The number of hydrogen-bond acceptors (Lipinski definition) is 4. The number of amides is 3. The minimum atomic E-state index is -0.146. The Labute approximate surface area is 187 Å². The molecule has 2 aliphatic rings. The van der Waals surface area contributed by atoms with Crippen LogP contribution < -0.4 is 15.1 Å². The number of nitrogens with one attached hydrogen (secondary N) is 1. The van der Waals surface area contributed by atoms with E-state index in [0.717, 1.165) is 47.0 Å². The Morgan fingerprint density at radius 3 is 2.74 bits per heavy atom. The lowest BCUT2D eigenvalue weighted by atomic mass is 10.1. The van der Waals surface area contributed by atoms with Crippen molar-refractivity contribution in [3.8, 4) is 0 Å². The van der Waals surface area contributed by atoms with E-state index >= 15 is 0 Å². The third-order valence-electron chi connectivity index (χ3n) is 5.63. The molecule has 2 aliphatic heterocycles. The molecule has 1 fully saturated rings. The van der Waals surface area contributed by atoms with Crippen molar-refractivity contribution in [2.45, 2.75) is 43.5 Å². The molecule has 0 bridgehead atoms. The largest absolute Gasteiger partial charge is 0.352 e. The number of piperidine rings is 1. The molecule has 0 unspecified atom stereocenters. The zero-order chi connectivity index (χ0) is 21.6. The first-order chi connectivity index (χ1) is 15.1. The van der Waals surface area contributed by atoms with Gasteiger partial charge in [-0.2, -0.15) is 0 Å². The van der Waals surface area contributed by atoms with Gasteiger partial charge < -0.3 is 15.1 Å². The molecule has 2 aromatic carbocycles. The van der Waals surface area contributed by atoms with Crippen LogP contribution in [-0.2, 0) is 20.9 Å². The van der Waals surface area contributed by atoms with Crippen molar-refractivity contribution in [1.82, 2.24) is 5.32 Å². The summed E-state index contributed by atoms with van der Waals surface area (Å²) in [6.07, 6.45) is 2.91. The van der Waals surface area contributed by atoms with Gasteiger partial charge in [0.05, 0.1) is 5.69 Å². The van der Waals surface area contributed by atoms with E-state index in [2.05, 4.69) is 5.32 Å². The van der Waals surface area contributed by atoms with Crippen LogP contribution in [0, 0.1) is 0 Å². The highest BCUT2D eigenvalue weighted by atomic mass is 32.2. The van der Waals surface area contributed by atoms with Gasteiger partial charge in [-0.05, 0) is 42.7 Å². The summed E-state index contributed by atoms with van der Waals surface area (Å²) >= 11 is 1.75. The summed E-state index contributed by atoms with van der Waals surface area (Å²) in [6, 6.07) is 15.6. The van der Waals surface area contributed by atoms with Crippen molar-refractivity contribution in [3.63, 3.8) is 0 Å². The molecule has 7 heteroatoms. The molecule has 0 spiro atoms. The lowest BCUT2D eigenvalue weighted by molar-refractivity contribution is -0.125. The van der Waals surface area contributed by atoms with Gasteiger partial charge in [-0.25, -0.2) is 0 Å². The lowest BCUT2D eigenvalue weighted by Crippen LogP contribution is -2.36. The van der Waals surface area contributed by atoms with Crippen LogP contribution in [0.4, 0.5) is 11.4 Å². The van der Waals surface area contributed by atoms with Crippen LogP contribution in [0.15, 0.2) is 53.4 Å². The van der Waals surface area contributed by atoms with Gasteiger partial charge >= 0.3 is 0 Å². The number of carbonyl (C=O) groups excluding carboxylic acids is 3. The molecule has 31 heavy (non-hydrogen) atoms. The molecule has 3 amide bonds. The van der Waals surface area contributed by atoms with E-state index in [1.165, 1.54) is 0 Å². The van der Waals surface area contributed by atoms with E-state index in [1.807, 2.05) is 53.4 Å². The number of para-hydroxylation sites is 1. The molecule has 2 aromatic rings. The standard InChI is InChI=1S/C24H27N3O3S/c28-22(11-12-24(30)27-14-15-31-21-9-2-1-8-20(21)27)25-17-18-6-5-7-19(16-18)26-13-4-3-10-23(26)29/h1-2,5-9,16H,3-4,10-15,17H2,(H,25,28). The average molecular weight is 438 g/mol. The van der Waals surface area contributed by atoms with Gasteiger partial charge in [0.15, 0.2) is 0 Å². The molecular weight excluding hydrogens is 410 g/mol. The Morgan fingerprint density at radius 2 is 1.87 bits per heavy atom. The molecule has 0 atom stereocenters. The summed E-state index contributed by atoms with van der Waals surface area (Å²) in [7, 11) is 0. The van der Waals surface area contributed by atoms with Gasteiger partial charge in [0.25, 0.3) is 0 Å². The number of benzene rings is 2. The van der Waals surface area contributed by atoms with Crippen LogP contribution in [0.3, 0.4) is 0 Å². The number of hydrogen-bond donors (Lipinski definition) is 1. The zero-order valence-corrected chi connectivity index (χ0v) is 18.3. The summed E-state index contributed by atoms with van der Waals surface area (Å²) in [5.41, 5.74) is 2.76. The van der Waals surface area contributed by atoms with Crippen molar-refractivity contribution in [1.29, 1.82) is 0 Å². The highest BCUT2D eigenvalue weighted by Gasteiger charge is 2.23. The van der Waals surface area contributed by atoms with E-state index in [4.69, 9.17) is 0 Å². The van der Waals surface area contributed by atoms with Gasteiger partial charge in [0.2, 0.25) is 17.7 Å². The molecule has 0 aliphatic carbocycles. The molecule has 162 valence electrons. The van der Waals surface area contributed by atoms with Gasteiger partial charge in [0, 0.05) is 55.2 Å². The summed E-state index contributed by atoms with van der Waals surface area (Å²) in [5.74, 6) is 0.856. The third kappa shape index (κ3) is 5.28. The first-order valence-corrected chi connectivity index (χ1v) is 11.8. The monoisotopic (exact) mass is 437 g/mol. The van der Waals surface area contributed by atoms with Crippen molar-refractivity contribution in [3.05, 3.63) is 54.1 Å². The van der Waals surface area contributed by atoms with Crippen LogP contribution >= 0.6 is 11.8 Å². The Balaban J connectivity index is 1.28. The molecular formula is C24H27N3O3S. The fourth-order valence-electron chi connectivity index (χ4n) is 3.99. The number of rotatable bonds is 6. The topological polar surface area (TPSA) is 69.7 Å². The summed E-state index contributed by atoms with van der Waals surface area (Å²) in [5, 5.41) is 2.90. The smallest absolute Gasteiger partial charge is 0.227 e. The van der Waals surface area contributed by atoms with Crippen LogP contribution in [0.2, 0.25) is 0 Å². The molecule has 1 N–H and O–H groups in total. The fraction of sp³-hybridized carbons (Fsp3) is 0.375. The second-order valence-electron chi connectivity index (χ2n) is 7.81. The highest BCUT2D eigenvalue weighted by molar-refractivity contribution is 7.99. The van der Waals surface area contributed by atoms with Crippen LogP contribution in [0.25, 0.3) is 0 Å². The SMILES string of the molecule is O=C(CCC(=O)N1CCSc2ccccc21)NCc1cccc(N2CCCCC2=O)c1. The van der Waals surface area contributed by atoms with Crippen molar-refractivity contribution in [2.75, 3.05) is 28.6 Å². The molecule has 2 heterocycles. The minimum Gasteiger partial charge on any atom is -0.352 e. The maximum absolute atomic E-state index is 12.7. The number of fused-ring (bicyclic) bond motifs is 1. The number of anilines is 2. The van der Waals surface area contributed by atoms with E-state index in [-0.39, 0.29) is 30.6 Å². The Hall–Kier alpha value is -2.80. The molecule has 0 radical (unpaired) electrons. The minimum absolute atomic E-state index is 0.0199. The predicted molar refractivity (Wildman–Crippen MR) is 123 cm³/mol. The fourth-order valence-corrected chi connectivity index (χ4v) is 4.98. The van der Waals surface area contributed by atoms with Crippen LogP contribution in [0.5, 0.6) is 0 Å². The Morgan fingerprint density at radius 1 is 1.00 bits per heavy atom. The average Bonchev–Trinajstić information content (AvgIpc) is 2.81. The summed E-state index contributed by atoms with van der Waals surface area (Å²) in [6.45, 7) is 1.80. The first-order valence-electron chi connectivity index (χ1n) is 10.8. The van der Waals surface area contributed by atoms with Crippen LogP contribution in [0.1, 0.15) is 37.7 Å². The van der Waals surface area contributed by atoms with E-state index in [1.54, 1.807) is 16.7 Å². The first kappa shape index (κ1) is 21.4. The molecule has 0 aromatic heterocycles. The van der Waals surface area contributed by atoms with E-state index in [9.17, 15) is 14.4 Å². The van der Waals surface area contributed by atoms with Gasteiger partial charge in [-0.3, -0.25) is 14.4 Å². The molecule has 4 rings (SSSR count). The van der Waals surface area contributed by atoms with E-state index in [0.29, 0.717) is 19.5 Å². The summed E-state index contributed by atoms with van der Waals surface area (Å²) < 4.78 is 0. The van der Waals surface area contributed by atoms with Crippen LogP contribution in [-0.4, -0.2) is 36.6 Å².